The summed E-state index contributed by atoms with van der Waals surface area (Å²) in [4.78, 5) is 12.2. The van der Waals surface area contributed by atoms with Crippen LogP contribution in [-0.4, -0.2) is 27.6 Å². The molecule has 1 N–H and O–H groups in total. The predicted molar refractivity (Wildman–Crippen MR) is 101 cm³/mol. The van der Waals surface area contributed by atoms with Gasteiger partial charge in [0.2, 0.25) is 5.91 Å². The molecule has 0 saturated heterocycles. The zero-order chi connectivity index (χ0) is 16.7. The normalized spacial score (nSPS) is 11.0. The number of benzene rings is 1. The summed E-state index contributed by atoms with van der Waals surface area (Å²) in [7, 11) is 0. The van der Waals surface area contributed by atoms with Crippen LogP contribution < -0.4 is 5.32 Å². The molecule has 0 aliphatic rings. The quantitative estimate of drug-likeness (QED) is 0.673. The molecule has 124 valence electrons. The molecule has 0 unspecified atom stereocenters. The van der Waals surface area contributed by atoms with Crippen molar-refractivity contribution in [3.63, 3.8) is 0 Å². The van der Waals surface area contributed by atoms with Crippen LogP contribution in [0.25, 0.3) is 0 Å². The minimum Gasteiger partial charge on any atom is -0.325 e. The molecule has 0 bridgehead atoms. The Bertz CT molecular complexity index is 643. The molecule has 2 rings (SSSR count). The smallest absolute Gasteiger partial charge is 0.234 e. The highest BCUT2D eigenvalue weighted by atomic mass is 32.2. The second-order valence-corrected chi connectivity index (χ2v) is 8.80. The average Bonchev–Trinajstić information content (AvgIpc) is 2.99. The van der Waals surface area contributed by atoms with Crippen molar-refractivity contribution in [1.29, 1.82) is 0 Å². The Kier molecular flexibility index (Phi) is 7.39. The van der Waals surface area contributed by atoms with Crippen LogP contribution in [0.1, 0.15) is 38.7 Å². The van der Waals surface area contributed by atoms with Crippen molar-refractivity contribution in [3.8, 4) is 0 Å². The van der Waals surface area contributed by atoms with Crippen molar-refractivity contribution in [3.05, 3.63) is 29.8 Å². The molecular weight excluding hydrogens is 346 g/mol. The monoisotopic (exact) mass is 367 g/mol. The Balaban J connectivity index is 1.87. The van der Waals surface area contributed by atoms with Crippen molar-refractivity contribution in [2.45, 2.75) is 41.8 Å². The zero-order valence-electron chi connectivity index (χ0n) is 13.5. The number of nitrogens with one attached hydrogen (secondary N) is 1. The van der Waals surface area contributed by atoms with Gasteiger partial charge in [-0.1, -0.05) is 73.8 Å². The van der Waals surface area contributed by atoms with E-state index in [2.05, 4.69) is 42.4 Å². The van der Waals surface area contributed by atoms with Crippen LogP contribution >= 0.6 is 34.9 Å². The van der Waals surface area contributed by atoms with Crippen LogP contribution in [0, 0.1) is 0 Å². The summed E-state index contributed by atoms with van der Waals surface area (Å²) < 4.78 is 1.82. The van der Waals surface area contributed by atoms with Gasteiger partial charge in [-0.25, -0.2) is 0 Å². The number of rotatable bonds is 8. The fourth-order valence-electron chi connectivity index (χ4n) is 1.93. The molecule has 7 heteroatoms. The largest absolute Gasteiger partial charge is 0.325 e. The van der Waals surface area contributed by atoms with Gasteiger partial charge in [-0.3, -0.25) is 4.79 Å². The van der Waals surface area contributed by atoms with Gasteiger partial charge in [0.1, 0.15) is 0 Å². The maximum atomic E-state index is 12.2. The highest BCUT2D eigenvalue weighted by molar-refractivity contribution is 8.03. The topological polar surface area (TPSA) is 54.9 Å². The first-order valence-electron chi connectivity index (χ1n) is 7.58. The molecule has 0 saturated carbocycles. The first-order valence-corrected chi connectivity index (χ1v) is 10.4. The van der Waals surface area contributed by atoms with Crippen molar-refractivity contribution >= 4 is 46.5 Å². The van der Waals surface area contributed by atoms with Crippen molar-refractivity contribution in [1.82, 2.24) is 10.2 Å². The van der Waals surface area contributed by atoms with Gasteiger partial charge < -0.3 is 5.32 Å². The second-order valence-electron chi connectivity index (χ2n) is 5.26. The highest BCUT2D eigenvalue weighted by Gasteiger charge is 2.11. The van der Waals surface area contributed by atoms with E-state index in [1.54, 1.807) is 23.1 Å². The summed E-state index contributed by atoms with van der Waals surface area (Å²) in [6.45, 7) is 6.38. The van der Waals surface area contributed by atoms with Crippen LogP contribution in [0.4, 0.5) is 5.69 Å². The molecule has 0 aliphatic carbocycles. The van der Waals surface area contributed by atoms with Gasteiger partial charge in [0, 0.05) is 11.4 Å². The molecule has 0 spiro atoms. The molecule has 0 atom stereocenters. The molecular formula is C16H21N3OS3. The summed E-state index contributed by atoms with van der Waals surface area (Å²) in [5.74, 6) is 1.76. The van der Waals surface area contributed by atoms with Crippen molar-refractivity contribution < 1.29 is 4.79 Å². The van der Waals surface area contributed by atoms with Crippen LogP contribution in [0.15, 0.2) is 32.9 Å². The lowest BCUT2D eigenvalue weighted by molar-refractivity contribution is -0.113. The third kappa shape index (κ3) is 5.82. The molecule has 0 radical (unpaired) electrons. The van der Waals surface area contributed by atoms with Crippen LogP contribution in [0.2, 0.25) is 0 Å². The van der Waals surface area contributed by atoms with E-state index in [0.717, 1.165) is 32.1 Å². The van der Waals surface area contributed by atoms with E-state index in [-0.39, 0.29) is 5.91 Å². The number of nitrogens with zero attached hydrogens (tertiary/aromatic N) is 2. The van der Waals surface area contributed by atoms with Crippen LogP contribution in [0.5, 0.6) is 0 Å². The second kappa shape index (κ2) is 9.30. The third-order valence-corrected chi connectivity index (χ3v) is 6.40. The number of aromatic nitrogens is 2. The standard InChI is InChI=1S/C16H21N3OS3/c1-4-9-21-15-18-19-16(23-15)22-10-14(20)17-13-8-6-5-7-12(13)11(2)3/h5-8,11H,4,9-10H2,1-3H3,(H,17,20). The number of carbonyl (C=O) groups excluding carboxylic acids is 1. The highest BCUT2D eigenvalue weighted by Crippen LogP contribution is 2.29. The van der Waals surface area contributed by atoms with Gasteiger partial charge in [-0.15, -0.1) is 10.2 Å². The Labute approximate surface area is 149 Å². The van der Waals surface area contributed by atoms with Gasteiger partial charge >= 0.3 is 0 Å². The SMILES string of the molecule is CCCSc1nnc(SCC(=O)Nc2ccccc2C(C)C)s1. The minimum absolute atomic E-state index is 0.0129. The third-order valence-electron chi connectivity index (χ3n) is 3.00. The molecule has 2 aromatic rings. The van der Waals surface area contributed by atoms with Gasteiger partial charge in [-0.05, 0) is 24.0 Å². The summed E-state index contributed by atoms with van der Waals surface area (Å²) in [5.41, 5.74) is 2.05. The zero-order valence-corrected chi connectivity index (χ0v) is 16.0. The lowest BCUT2D eigenvalue weighted by atomic mass is 10.0. The Hall–Kier alpha value is -1.05. The van der Waals surface area contributed by atoms with E-state index in [1.165, 1.54) is 11.8 Å². The van der Waals surface area contributed by atoms with Crippen LogP contribution in [0.3, 0.4) is 0 Å². The van der Waals surface area contributed by atoms with E-state index in [0.29, 0.717) is 11.7 Å². The molecule has 0 aliphatic heterocycles. The summed E-state index contributed by atoms with van der Waals surface area (Å²) in [5, 5.41) is 11.3. The number of thioether (sulfide) groups is 2. The maximum Gasteiger partial charge on any atom is 0.234 e. The number of para-hydroxylation sites is 1. The molecule has 1 amide bonds. The number of hydrogen-bond acceptors (Lipinski definition) is 6. The first kappa shape index (κ1) is 18.3. The molecule has 1 aromatic carbocycles. The lowest BCUT2D eigenvalue weighted by Gasteiger charge is -2.13. The summed E-state index contributed by atoms with van der Waals surface area (Å²) in [6, 6.07) is 7.94. The number of hydrogen-bond donors (Lipinski definition) is 1. The number of anilines is 1. The van der Waals surface area contributed by atoms with E-state index in [1.807, 2.05) is 18.2 Å². The van der Waals surface area contributed by atoms with Crippen molar-refractivity contribution in [2.24, 2.45) is 0 Å². The number of amides is 1. The molecule has 0 fully saturated rings. The molecule has 23 heavy (non-hydrogen) atoms. The molecule has 1 aromatic heterocycles. The fraction of sp³-hybridized carbons (Fsp3) is 0.438. The Morgan fingerprint density at radius 1 is 1.22 bits per heavy atom. The number of carbonyl (C=O) groups is 1. The van der Waals surface area contributed by atoms with Gasteiger partial charge in [0.25, 0.3) is 0 Å². The van der Waals surface area contributed by atoms with E-state index < -0.39 is 0 Å². The molecule has 4 nitrogen and oxygen atoms in total. The fourth-order valence-corrected chi connectivity index (χ4v) is 4.68. The maximum absolute atomic E-state index is 12.2. The minimum atomic E-state index is -0.0129. The van der Waals surface area contributed by atoms with E-state index in [9.17, 15) is 4.79 Å². The Morgan fingerprint density at radius 3 is 2.61 bits per heavy atom. The van der Waals surface area contributed by atoms with Crippen molar-refractivity contribution in [2.75, 3.05) is 16.8 Å². The van der Waals surface area contributed by atoms with Gasteiger partial charge in [0.05, 0.1) is 5.75 Å². The first-order chi connectivity index (χ1) is 11.1. The average molecular weight is 368 g/mol. The summed E-state index contributed by atoms with van der Waals surface area (Å²) in [6.07, 6.45) is 1.12. The molecule has 1 heterocycles. The van der Waals surface area contributed by atoms with E-state index in [4.69, 9.17) is 0 Å². The van der Waals surface area contributed by atoms with E-state index >= 15 is 0 Å². The van der Waals surface area contributed by atoms with Gasteiger partial charge in [0.15, 0.2) is 8.68 Å². The van der Waals surface area contributed by atoms with Crippen LogP contribution in [-0.2, 0) is 4.79 Å². The van der Waals surface area contributed by atoms with Gasteiger partial charge in [-0.2, -0.15) is 0 Å². The summed E-state index contributed by atoms with van der Waals surface area (Å²) >= 11 is 4.70. The lowest BCUT2D eigenvalue weighted by Crippen LogP contribution is -2.15. The predicted octanol–water partition coefficient (Wildman–Crippen LogP) is 4.89. The Morgan fingerprint density at radius 2 is 1.91 bits per heavy atom.